The molecule has 0 atom stereocenters. The zero-order valence-corrected chi connectivity index (χ0v) is 22.4. The van der Waals surface area contributed by atoms with E-state index in [1.165, 1.54) is 10.8 Å². The fourth-order valence-electron chi connectivity index (χ4n) is 5.08. The van der Waals surface area contributed by atoms with Crippen molar-refractivity contribution in [1.29, 1.82) is 0 Å². The number of aryl methyl sites for hydroxylation is 1. The van der Waals surface area contributed by atoms with Gasteiger partial charge in [-0.1, -0.05) is 60.7 Å². The summed E-state index contributed by atoms with van der Waals surface area (Å²) >= 11 is 0. The maximum Gasteiger partial charge on any atom is 0.407 e. The molecule has 4 aromatic carbocycles. The number of fused-ring (bicyclic) bond motifs is 3. The fourth-order valence-corrected chi connectivity index (χ4v) is 5.08. The maximum absolute atomic E-state index is 13.1. The minimum atomic E-state index is -0.622. The normalized spacial score (nSPS) is 11.7. The van der Waals surface area contributed by atoms with Crippen molar-refractivity contribution in [1.82, 2.24) is 9.88 Å². The van der Waals surface area contributed by atoms with Crippen molar-refractivity contribution in [2.24, 2.45) is 7.05 Å². The molecule has 1 aromatic heterocycles. The van der Waals surface area contributed by atoms with E-state index in [4.69, 9.17) is 9.47 Å². The molecule has 0 aliphatic carbocycles. The van der Waals surface area contributed by atoms with Gasteiger partial charge in [0.2, 0.25) is 0 Å². The van der Waals surface area contributed by atoms with Gasteiger partial charge in [0.15, 0.2) is 0 Å². The van der Waals surface area contributed by atoms with Crippen LogP contribution in [0.3, 0.4) is 0 Å². The maximum atomic E-state index is 13.1. The highest BCUT2D eigenvalue weighted by molar-refractivity contribution is 6.14. The Kier molecular flexibility index (Phi) is 6.57. The number of nitrogens with zero attached hydrogens (tertiary/aromatic N) is 1. The summed E-state index contributed by atoms with van der Waals surface area (Å²) in [5, 5.41) is 8.24. The Bertz CT molecular complexity index is 1640. The smallest absolute Gasteiger partial charge is 0.407 e. The van der Waals surface area contributed by atoms with Crippen LogP contribution in [0.4, 0.5) is 4.79 Å². The number of rotatable bonds is 5. The molecule has 0 aliphatic rings. The summed E-state index contributed by atoms with van der Waals surface area (Å²) in [6.45, 7) is 7.60. The molecule has 0 radical (unpaired) electrons. The van der Waals surface area contributed by atoms with E-state index in [0.717, 1.165) is 32.8 Å². The molecule has 38 heavy (non-hydrogen) atoms. The first-order chi connectivity index (χ1) is 18.2. The van der Waals surface area contributed by atoms with Crippen LogP contribution in [0.2, 0.25) is 0 Å². The molecule has 0 fully saturated rings. The van der Waals surface area contributed by atoms with E-state index in [1.807, 2.05) is 38.5 Å². The van der Waals surface area contributed by atoms with Crippen molar-refractivity contribution in [3.63, 3.8) is 0 Å². The van der Waals surface area contributed by atoms with E-state index in [2.05, 4.69) is 72.0 Å². The van der Waals surface area contributed by atoms with Crippen molar-refractivity contribution < 1.29 is 19.1 Å². The SMILES string of the molecule is CCOC(=O)c1c(CNC(=O)OC(C)(C)C)n(C)c2cc(-c3c4ccccc4cc4ccccc34)ccc12. The highest BCUT2D eigenvalue weighted by atomic mass is 16.6. The number of alkyl carbamates (subject to hydrolysis) is 1. The quantitative estimate of drug-likeness (QED) is 0.199. The van der Waals surface area contributed by atoms with Crippen LogP contribution in [0, 0.1) is 0 Å². The van der Waals surface area contributed by atoms with Crippen LogP contribution in [0.5, 0.6) is 0 Å². The molecule has 0 aliphatic heterocycles. The van der Waals surface area contributed by atoms with E-state index in [-0.39, 0.29) is 13.2 Å². The predicted molar refractivity (Wildman–Crippen MR) is 152 cm³/mol. The number of amides is 1. The molecule has 1 N–H and O–H groups in total. The Hall–Kier alpha value is -4.32. The molecule has 1 amide bonds. The summed E-state index contributed by atoms with van der Waals surface area (Å²) < 4.78 is 12.8. The van der Waals surface area contributed by atoms with Gasteiger partial charge in [-0.2, -0.15) is 0 Å². The average molecular weight is 509 g/mol. The number of benzene rings is 4. The molecule has 0 bridgehead atoms. The van der Waals surface area contributed by atoms with E-state index < -0.39 is 17.7 Å². The highest BCUT2D eigenvalue weighted by Crippen LogP contribution is 2.38. The number of ether oxygens (including phenoxy) is 2. The first-order valence-corrected chi connectivity index (χ1v) is 12.8. The molecule has 0 saturated heterocycles. The van der Waals surface area contributed by atoms with Gasteiger partial charge in [-0.3, -0.25) is 0 Å². The second kappa shape index (κ2) is 9.86. The lowest BCUT2D eigenvalue weighted by atomic mass is 9.91. The summed E-state index contributed by atoms with van der Waals surface area (Å²) in [6.07, 6.45) is -0.541. The summed E-state index contributed by atoms with van der Waals surface area (Å²) in [4.78, 5) is 25.5. The zero-order chi connectivity index (χ0) is 27.0. The van der Waals surface area contributed by atoms with Crippen LogP contribution in [0.25, 0.3) is 43.6 Å². The van der Waals surface area contributed by atoms with Crippen molar-refractivity contribution in [2.45, 2.75) is 39.8 Å². The van der Waals surface area contributed by atoms with Gasteiger partial charge in [0.25, 0.3) is 0 Å². The van der Waals surface area contributed by atoms with Gasteiger partial charge in [0, 0.05) is 18.0 Å². The molecule has 194 valence electrons. The molecule has 5 rings (SSSR count). The Morgan fingerprint density at radius 1 is 0.868 bits per heavy atom. The number of nitrogens with one attached hydrogen (secondary N) is 1. The van der Waals surface area contributed by atoms with Gasteiger partial charge in [0.05, 0.1) is 24.4 Å². The van der Waals surface area contributed by atoms with Crippen molar-refractivity contribution in [3.8, 4) is 11.1 Å². The van der Waals surface area contributed by atoms with Crippen LogP contribution in [0.1, 0.15) is 43.7 Å². The van der Waals surface area contributed by atoms with Crippen LogP contribution >= 0.6 is 0 Å². The molecule has 6 nitrogen and oxygen atoms in total. The topological polar surface area (TPSA) is 69.6 Å². The number of aromatic nitrogens is 1. The molecule has 1 heterocycles. The Labute approximate surface area is 222 Å². The second-order valence-electron chi connectivity index (χ2n) is 10.4. The lowest BCUT2D eigenvalue weighted by Crippen LogP contribution is -2.33. The highest BCUT2D eigenvalue weighted by Gasteiger charge is 2.24. The minimum absolute atomic E-state index is 0.126. The van der Waals surface area contributed by atoms with Crippen LogP contribution in [-0.2, 0) is 23.1 Å². The molecule has 6 heteroatoms. The standard InChI is InChI=1S/C32H32N2O4/c1-6-37-30(35)29-25-16-15-22(18-26(25)34(5)27(29)19-33-31(36)38-32(2,3)4)28-23-13-9-7-11-20(23)17-21-12-8-10-14-24(21)28/h7-18H,6,19H2,1-5H3,(H,33,36). The monoisotopic (exact) mass is 508 g/mol. The number of hydrogen-bond donors (Lipinski definition) is 1. The third-order valence-electron chi connectivity index (χ3n) is 6.66. The van der Waals surface area contributed by atoms with Crippen molar-refractivity contribution >= 4 is 44.5 Å². The Morgan fingerprint density at radius 2 is 1.50 bits per heavy atom. The third-order valence-corrected chi connectivity index (χ3v) is 6.66. The number of hydrogen-bond acceptors (Lipinski definition) is 4. The van der Waals surface area contributed by atoms with E-state index in [1.54, 1.807) is 6.92 Å². The van der Waals surface area contributed by atoms with Gasteiger partial charge in [-0.15, -0.1) is 0 Å². The zero-order valence-electron chi connectivity index (χ0n) is 22.4. The minimum Gasteiger partial charge on any atom is -0.462 e. The van der Waals surface area contributed by atoms with Gasteiger partial charge in [0.1, 0.15) is 5.60 Å². The largest absolute Gasteiger partial charge is 0.462 e. The summed E-state index contributed by atoms with van der Waals surface area (Å²) in [7, 11) is 1.90. The van der Waals surface area contributed by atoms with Crippen molar-refractivity contribution in [2.75, 3.05) is 6.61 Å². The lowest BCUT2D eigenvalue weighted by Gasteiger charge is -2.20. The molecule has 0 spiro atoms. The van der Waals surface area contributed by atoms with E-state index in [0.29, 0.717) is 11.3 Å². The van der Waals surface area contributed by atoms with Gasteiger partial charge >= 0.3 is 12.1 Å². The molecule has 0 saturated carbocycles. The Morgan fingerprint density at radius 3 is 2.11 bits per heavy atom. The van der Waals surface area contributed by atoms with Gasteiger partial charge in [-0.25, -0.2) is 9.59 Å². The average Bonchev–Trinajstić information content (AvgIpc) is 3.16. The first-order valence-electron chi connectivity index (χ1n) is 12.8. The number of esters is 1. The van der Waals surface area contributed by atoms with Crippen LogP contribution < -0.4 is 5.32 Å². The van der Waals surface area contributed by atoms with Crippen LogP contribution in [-0.4, -0.2) is 28.8 Å². The molecule has 0 unspecified atom stereocenters. The molecular formula is C32H32N2O4. The van der Waals surface area contributed by atoms with Crippen molar-refractivity contribution in [3.05, 3.63) is 84.1 Å². The van der Waals surface area contributed by atoms with Gasteiger partial charge in [-0.05, 0) is 72.5 Å². The number of carbonyl (C=O) groups is 2. The molecule has 5 aromatic rings. The summed E-state index contributed by atoms with van der Waals surface area (Å²) in [6, 6.07) is 25.1. The number of carbonyl (C=O) groups excluding carboxylic acids is 2. The van der Waals surface area contributed by atoms with E-state index >= 15 is 0 Å². The molecular weight excluding hydrogens is 476 g/mol. The summed E-state index contributed by atoms with van der Waals surface area (Å²) in [5.41, 5.74) is 3.56. The first kappa shape index (κ1) is 25.3. The van der Waals surface area contributed by atoms with Crippen LogP contribution in [0.15, 0.2) is 72.8 Å². The lowest BCUT2D eigenvalue weighted by molar-refractivity contribution is 0.0502. The van der Waals surface area contributed by atoms with E-state index in [9.17, 15) is 9.59 Å². The Balaban J connectivity index is 1.68. The summed E-state index contributed by atoms with van der Waals surface area (Å²) in [5.74, 6) is -0.414. The predicted octanol–water partition coefficient (Wildman–Crippen LogP) is 7.35. The fraction of sp³-hybridized carbons (Fsp3) is 0.250. The third kappa shape index (κ3) is 4.70. The second-order valence-corrected chi connectivity index (χ2v) is 10.4. The van der Waals surface area contributed by atoms with Gasteiger partial charge < -0.3 is 19.4 Å².